The number of anilines is 1. The summed E-state index contributed by atoms with van der Waals surface area (Å²) in [5, 5.41) is 1.23. The maximum Gasteiger partial charge on any atom is 0.414 e. The van der Waals surface area contributed by atoms with Gasteiger partial charge in [-0.3, -0.25) is 14.5 Å². The molecule has 0 N–H and O–H groups in total. The van der Waals surface area contributed by atoms with Gasteiger partial charge in [-0.1, -0.05) is 18.5 Å². The fraction of sp³-hybridized carbons (Fsp3) is 0.571. The maximum atomic E-state index is 13.2. The van der Waals surface area contributed by atoms with Crippen molar-refractivity contribution in [3.05, 3.63) is 23.0 Å². The summed E-state index contributed by atoms with van der Waals surface area (Å²) >= 11 is 6.14. The van der Waals surface area contributed by atoms with E-state index in [1.807, 2.05) is 13.8 Å². The van der Waals surface area contributed by atoms with Gasteiger partial charge < -0.3 is 13.9 Å². The highest BCUT2D eigenvalue weighted by molar-refractivity contribution is 6.30. The van der Waals surface area contributed by atoms with Crippen LogP contribution in [0.4, 0.5) is 10.5 Å². The molecule has 31 heavy (non-hydrogen) atoms. The van der Waals surface area contributed by atoms with Crippen LogP contribution >= 0.6 is 11.6 Å². The second-order valence-corrected chi connectivity index (χ2v) is 7.80. The Kier molecular flexibility index (Phi) is 7.40. The van der Waals surface area contributed by atoms with E-state index in [4.69, 9.17) is 30.3 Å². The van der Waals surface area contributed by atoms with E-state index in [1.54, 1.807) is 19.1 Å². The third kappa shape index (κ3) is 4.78. The molecule has 10 heteroatoms. The molecule has 2 amide bonds. The summed E-state index contributed by atoms with van der Waals surface area (Å²) in [7, 11) is 2.82. The molecule has 0 bridgehead atoms. The Bertz CT molecular complexity index is 949. The fourth-order valence-electron chi connectivity index (χ4n) is 3.85. The van der Waals surface area contributed by atoms with Crippen molar-refractivity contribution in [2.75, 3.05) is 25.7 Å². The van der Waals surface area contributed by atoms with Crippen molar-refractivity contribution in [3.8, 4) is 0 Å². The van der Waals surface area contributed by atoms with Gasteiger partial charge in [-0.15, -0.1) is 0 Å². The lowest BCUT2D eigenvalue weighted by atomic mass is 9.96. The second-order valence-electron chi connectivity index (χ2n) is 7.42. The van der Waals surface area contributed by atoms with Crippen LogP contribution in [0, 0.1) is 0 Å². The number of ether oxygens (including phenoxy) is 2. The molecule has 0 radical (unpaired) electrons. The lowest BCUT2D eigenvalue weighted by Crippen LogP contribution is -2.48. The average molecular weight is 454 g/mol. The molecule has 1 aliphatic rings. The first-order valence-electron chi connectivity index (χ1n) is 10.3. The highest BCUT2D eigenvalue weighted by Crippen LogP contribution is 2.39. The van der Waals surface area contributed by atoms with Crippen LogP contribution < -0.4 is 4.90 Å². The van der Waals surface area contributed by atoms with Crippen molar-refractivity contribution in [2.24, 2.45) is 0 Å². The Labute approximate surface area is 186 Å². The van der Waals surface area contributed by atoms with Gasteiger partial charge in [-0.25, -0.2) is 14.8 Å². The third-order valence-electron chi connectivity index (χ3n) is 5.32. The van der Waals surface area contributed by atoms with Crippen molar-refractivity contribution in [3.63, 3.8) is 0 Å². The van der Waals surface area contributed by atoms with Gasteiger partial charge in [0.25, 0.3) is 0 Å². The van der Waals surface area contributed by atoms with Crippen LogP contribution in [0.5, 0.6) is 0 Å². The number of rotatable bonds is 6. The van der Waals surface area contributed by atoms with Crippen LogP contribution in [0.1, 0.15) is 50.6 Å². The minimum Gasteiger partial charge on any atom is -0.449 e. The number of hydroxylamine groups is 2. The number of pyridine rings is 1. The summed E-state index contributed by atoms with van der Waals surface area (Å²) in [6.45, 7) is 5.90. The van der Waals surface area contributed by atoms with E-state index in [9.17, 15) is 9.59 Å². The quantitative estimate of drug-likeness (QED) is 0.471. The predicted octanol–water partition coefficient (Wildman–Crippen LogP) is 4.42. The van der Waals surface area contributed by atoms with Crippen molar-refractivity contribution in [1.82, 2.24) is 10.0 Å². The van der Waals surface area contributed by atoms with Gasteiger partial charge in [-0.2, -0.15) is 0 Å². The largest absolute Gasteiger partial charge is 0.449 e. The van der Waals surface area contributed by atoms with Crippen LogP contribution in [0.15, 0.2) is 16.5 Å². The van der Waals surface area contributed by atoms with Crippen LogP contribution in [0.2, 0.25) is 5.15 Å². The van der Waals surface area contributed by atoms with Gasteiger partial charge in [0.1, 0.15) is 16.4 Å². The Morgan fingerprint density at radius 3 is 2.68 bits per heavy atom. The highest BCUT2D eigenvalue weighted by Gasteiger charge is 2.40. The molecule has 1 saturated heterocycles. The summed E-state index contributed by atoms with van der Waals surface area (Å²) in [6, 6.07) is 2.89. The molecule has 170 valence electrons. The molecule has 0 aliphatic carbocycles. The van der Waals surface area contributed by atoms with Gasteiger partial charge in [-0.05, 0) is 45.2 Å². The van der Waals surface area contributed by atoms with Crippen molar-refractivity contribution >= 4 is 40.4 Å². The molecule has 0 unspecified atom stereocenters. The number of hydrogen-bond acceptors (Lipinski definition) is 7. The van der Waals surface area contributed by atoms with Crippen LogP contribution in [0.3, 0.4) is 0 Å². The number of carbonyl (C=O) groups is 2. The lowest BCUT2D eigenvalue weighted by molar-refractivity contribution is -0.0772. The normalized spacial score (nSPS) is 21.2. The number of fused-ring (bicyclic) bond motifs is 1. The number of halogens is 1. The molecule has 2 aromatic rings. The first-order chi connectivity index (χ1) is 14.8. The van der Waals surface area contributed by atoms with E-state index in [2.05, 4.69) is 4.98 Å². The summed E-state index contributed by atoms with van der Waals surface area (Å²) in [5.74, 6) is -0.637. The smallest absolute Gasteiger partial charge is 0.414 e. The molecular weight excluding hydrogens is 426 g/mol. The number of carbonyl (C=O) groups excluding carboxylic acids is 2. The number of furan rings is 1. The molecule has 3 atom stereocenters. The Morgan fingerprint density at radius 2 is 2.03 bits per heavy atom. The van der Waals surface area contributed by atoms with E-state index in [0.717, 1.165) is 11.5 Å². The third-order valence-corrected chi connectivity index (χ3v) is 5.53. The maximum absolute atomic E-state index is 13.2. The van der Waals surface area contributed by atoms with E-state index in [1.165, 1.54) is 19.1 Å². The Hall–Kier alpha value is -2.36. The Morgan fingerprint density at radius 1 is 1.29 bits per heavy atom. The van der Waals surface area contributed by atoms with E-state index in [0.29, 0.717) is 23.9 Å². The lowest BCUT2D eigenvalue weighted by Gasteiger charge is -2.39. The summed E-state index contributed by atoms with van der Waals surface area (Å²) in [6.07, 6.45) is 1.26. The predicted molar refractivity (Wildman–Crippen MR) is 115 cm³/mol. The highest BCUT2D eigenvalue weighted by atomic mass is 35.5. The number of aromatic nitrogens is 1. The molecule has 0 aromatic carbocycles. The van der Waals surface area contributed by atoms with Gasteiger partial charge in [0.15, 0.2) is 5.58 Å². The molecule has 1 fully saturated rings. The van der Waals surface area contributed by atoms with E-state index >= 15 is 0 Å². The summed E-state index contributed by atoms with van der Waals surface area (Å²) < 4.78 is 17.2. The van der Waals surface area contributed by atoms with Crippen molar-refractivity contribution in [2.45, 2.75) is 58.3 Å². The van der Waals surface area contributed by atoms with Gasteiger partial charge in [0.05, 0.1) is 25.9 Å². The topological polar surface area (TPSA) is 94.3 Å². The van der Waals surface area contributed by atoms with Crippen LogP contribution in [-0.2, 0) is 14.3 Å². The zero-order valence-corrected chi connectivity index (χ0v) is 19.1. The number of amides is 2. The number of nitrogens with zero attached hydrogens (tertiary/aromatic N) is 3. The summed E-state index contributed by atoms with van der Waals surface area (Å²) in [5.41, 5.74) is 0.855. The minimum absolute atomic E-state index is 0.0267. The fourth-order valence-corrected chi connectivity index (χ4v) is 3.99. The first kappa shape index (κ1) is 23.3. The second kappa shape index (κ2) is 9.84. The SMILES string of the molecule is CCOC(=O)N(c1c(C(=O)N(C)OC)oc2ccc(Cl)nc12)[C@@H]1C[C@H](CC)O[C@H](C)C1. The molecule has 3 heterocycles. The molecule has 0 saturated carbocycles. The number of hydrogen-bond donors (Lipinski definition) is 0. The molecule has 9 nitrogen and oxygen atoms in total. The van der Waals surface area contributed by atoms with Crippen LogP contribution in [-0.4, -0.2) is 61.1 Å². The van der Waals surface area contributed by atoms with Gasteiger partial charge >= 0.3 is 12.0 Å². The van der Waals surface area contributed by atoms with Crippen molar-refractivity contribution < 1.29 is 28.3 Å². The zero-order valence-electron chi connectivity index (χ0n) is 18.4. The summed E-state index contributed by atoms with van der Waals surface area (Å²) in [4.78, 5) is 37.1. The van der Waals surface area contributed by atoms with Gasteiger partial charge in [0, 0.05) is 13.1 Å². The molecule has 2 aromatic heterocycles. The zero-order chi connectivity index (χ0) is 22.7. The van der Waals surface area contributed by atoms with Gasteiger partial charge in [0.2, 0.25) is 5.76 Å². The Balaban J connectivity index is 2.21. The average Bonchev–Trinajstić information content (AvgIpc) is 3.10. The van der Waals surface area contributed by atoms with Crippen molar-refractivity contribution in [1.29, 1.82) is 0 Å². The monoisotopic (exact) mass is 453 g/mol. The molecule has 1 aliphatic heterocycles. The first-order valence-corrected chi connectivity index (χ1v) is 10.7. The van der Waals surface area contributed by atoms with E-state index < -0.39 is 12.0 Å². The molecule has 0 spiro atoms. The standard InChI is InChI=1S/C21H28ClN3O6/c1-6-14-11-13(10-12(3)30-14)25(21(27)29-7-2)18-17-15(8-9-16(22)23-17)31-19(18)20(26)24(4)28-5/h8-9,12-14H,6-7,10-11H2,1-5H3/t12-,13+,14+/m1/s1. The van der Waals surface area contributed by atoms with E-state index in [-0.39, 0.29) is 41.5 Å². The molecular formula is C21H28ClN3O6. The minimum atomic E-state index is -0.588. The van der Waals surface area contributed by atoms with Crippen LogP contribution in [0.25, 0.3) is 11.1 Å². The molecule has 3 rings (SSSR count).